The Kier molecular flexibility index (Phi) is 35.0. The second-order valence-electron chi connectivity index (χ2n) is 18.6. The van der Waals surface area contributed by atoms with E-state index in [0.29, 0.717) is 43.1 Å². The molecule has 0 aliphatic heterocycles. The molecule has 1 fully saturated rings. The highest BCUT2D eigenvalue weighted by atomic mass is 31.2. The number of phosphoric ester groups is 1. The number of phosphoric acid groups is 1. The summed E-state index contributed by atoms with van der Waals surface area (Å²) < 4.78 is 34.4. The zero-order valence-electron chi connectivity index (χ0n) is 40.7. The number of unbranched alkanes of at least 4 members (excludes halogenated alkanes) is 15. The minimum absolute atomic E-state index is 0.0154. The average molecular weight is 925 g/mol. The van der Waals surface area contributed by atoms with Crippen LogP contribution in [0, 0.1) is 11.8 Å². The van der Waals surface area contributed by atoms with Gasteiger partial charge in [-0.1, -0.05) is 146 Å². The molecule has 0 aromatic rings. The Morgan fingerprint density at radius 2 is 1.28 bits per heavy atom. The molecule has 64 heavy (non-hydrogen) atoms. The van der Waals surface area contributed by atoms with Gasteiger partial charge in [-0.2, -0.15) is 0 Å². The Hall–Kier alpha value is -2.44. The number of ether oxygens (including phenoxy) is 2. The topological polar surface area (TPSA) is 166 Å². The van der Waals surface area contributed by atoms with Crippen molar-refractivity contribution in [2.45, 2.75) is 199 Å². The Bertz CT molecular complexity index is 1390. The zero-order valence-corrected chi connectivity index (χ0v) is 41.6. The van der Waals surface area contributed by atoms with E-state index in [1.54, 1.807) is 6.08 Å². The summed E-state index contributed by atoms with van der Waals surface area (Å²) >= 11 is 0. The van der Waals surface area contributed by atoms with Crippen LogP contribution < -0.4 is 0 Å². The van der Waals surface area contributed by atoms with Gasteiger partial charge in [-0.3, -0.25) is 23.4 Å². The molecule has 0 bridgehead atoms. The molecule has 0 amide bonds. The van der Waals surface area contributed by atoms with Gasteiger partial charge in [0.1, 0.15) is 25.5 Å². The van der Waals surface area contributed by atoms with Gasteiger partial charge in [0.15, 0.2) is 6.10 Å². The predicted octanol–water partition coefficient (Wildman–Crippen LogP) is 11.2. The van der Waals surface area contributed by atoms with Crippen LogP contribution in [0.2, 0.25) is 0 Å². The number of hydrogen-bond donors (Lipinski definition) is 3. The number of nitrogens with zero attached hydrogens (tertiary/aromatic N) is 1. The molecule has 0 spiro atoms. The smallest absolute Gasteiger partial charge is 0.462 e. The van der Waals surface area contributed by atoms with Crippen LogP contribution in [0.3, 0.4) is 0 Å². The van der Waals surface area contributed by atoms with Gasteiger partial charge in [0.2, 0.25) is 0 Å². The lowest BCUT2D eigenvalue weighted by Gasteiger charge is -2.24. The maximum absolute atomic E-state index is 12.9. The number of ketones is 1. The van der Waals surface area contributed by atoms with Crippen molar-refractivity contribution in [3.63, 3.8) is 0 Å². The minimum Gasteiger partial charge on any atom is -0.462 e. The number of carbonyl (C=O) groups excluding carboxylic acids is 3. The van der Waals surface area contributed by atoms with Gasteiger partial charge in [-0.05, 0) is 64.2 Å². The summed E-state index contributed by atoms with van der Waals surface area (Å²) in [7, 11) is 1.32. The SMILES string of the molecule is CCCCCC/C=C\C/C=C\C/C=C\CCCCCCCCC(=O)OC[C@H](COP(=O)(O)OCC[N+](C)(C)C)OC(=O)CCCCCC[C@H]1C(=O)C[C@@H](O)[C@@H]1/C=C/[C@@H](O)CCCCC. The van der Waals surface area contributed by atoms with Crippen LogP contribution in [0.1, 0.15) is 181 Å². The summed E-state index contributed by atoms with van der Waals surface area (Å²) in [6.07, 6.45) is 37.7. The van der Waals surface area contributed by atoms with E-state index in [9.17, 15) is 34.1 Å². The molecule has 1 unspecified atom stereocenters. The average Bonchev–Trinajstić information content (AvgIpc) is 3.51. The molecule has 0 aromatic heterocycles. The van der Waals surface area contributed by atoms with Crippen molar-refractivity contribution in [1.29, 1.82) is 0 Å². The van der Waals surface area contributed by atoms with Gasteiger partial charge in [0.05, 0.1) is 40.0 Å². The highest BCUT2D eigenvalue weighted by Crippen LogP contribution is 2.43. The first kappa shape index (κ1) is 59.6. The molecule has 1 saturated carbocycles. The lowest BCUT2D eigenvalue weighted by Crippen LogP contribution is -2.37. The lowest BCUT2D eigenvalue weighted by atomic mass is 9.88. The molecule has 0 radical (unpaired) electrons. The third-order valence-corrected chi connectivity index (χ3v) is 12.5. The highest BCUT2D eigenvalue weighted by Gasteiger charge is 2.39. The monoisotopic (exact) mass is 925 g/mol. The van der Waals surface area contributed by atoms with E-state index in [1.807, 2.05) is 27.2 Å². The van der Waals surface area contributed by atoms with Gasteiger partial charge in [0.25, 0.3) is 0 Å². The molecule has 0 aromatic carbocycles. The van der Waals surface area contributed by atoms with Crippen molar-refractivity contribution in [3.8, 4) is 0 Å². The molecule has 0 heterocycles. The summed E-state index contributed by atoms with van der Waals surface area (Å²) in [6.45, 7) is 4.01. The maximum Gasteiger partial charge on any atom is 0.472 e. The van der Waals surface area contributed by atoms with Crippen molar-refractivity contribution in [3.05, 3.63) is 48.6 Å². The number of carbonyl (C=O) groups is 3. The summed E-state index contributed by atoms with van der Waals surface area (Å²) in [5, 5.41) is 20.8. The number of esters is 2. The molecular weight excluding hydrogens is 834 g/mol. The first-order chi connectivity index (χ1) is 30.7. The van der Waals surface area contributed by atoms with Crippen molar-refractivity contribution in [2.24, 2.45) is 11.8 Å². The van der Waals surface area contributed by atoms with Crippen LogP contribution in [0.5, 0.6) is 0 Å². The van der Waals surface area contributed by atoms with Gasteiger partial charge < -0.3 is 29.1 Å². The van der Waals surface area contributed by atoms with Crippen molar-refractivity contribution in [1.82, 2.24) is 0 Å². The Morgan fingerprint density at radius 3 is 1.91 bits per heavy atom. The molecule has 1 aliphatic rings. The summed E-state index contributed by atoms with van der Waals surface area (Å²) in [4.78, 5) is 48.4. The summed E-state index contributed by atoms with van der Waals surface area (Å²) in [5.74, 6) is -1.52. The van der Waals surface area contributed by atoms with E-state index in [-0.39, 0.29) is 50.1 Å². The first-order valence-electron chi connectivity index (χ1n) is 25.0. The third kappa shape index (κ3) is 34.0. The summed E-state index contributed by atoms with van der Waals surface area (Å²) in [6, 6.07) is 0. The minimum atomic E-state index is -4.45. The first-order valence-corrected chi connectivity index (χ1v) is 26.5. The summed E-state index contributed by atoms with van der Waals surface area (Å²) in [5.41, 5.74) is 0. The Balaban J connectivity index is 2.42. The van der Waals surface area contributed by atoms with Gasteiger partial charge in [-0.25, -0.2) is 4.57 Å². The third-order valence-electron chi connectivity index (χ3n) is 11.5. The van der Waals surface area contributed by atoms with E-state index in [2.05, 4.69) is 50.3 Å². The molecular formula is C51H91NO11P+. The molecule has 3 N–H and O–H groups in total. The van der Waals surface area contributed by atoms with Crippen molar-refractivity contribution >= 4 is 25.5 Å². The molecule has 1 aliphatic carbocycles. The van der Waals surface area contributed by atoms with Crippen LogP contribution in [0.25, 0.3) is 0 Å². The number of aliphatic hydroxyl groups is 2. The van der Waals surface area contributed by atoms with Crippen LogP contribution in [0.15, 0.2) is 48.6 Å². The number of likely N-dealkylation sites (N-methyl/N-ethyl adjacent to an activating group) is 1. The van der Waals surface area contributed by atoms with Gasteiger partial charge in [0, 0.05) is 31.1 Å². The molecule has 370 valence electrons. The van der Waals surface area contributed by atoms with Gasteiger partial charge in [-0.15, -0.1) is 0 Å². The number of rotatable bonds is 41. The molecule has 0 saturated heterocycles. The van der Waals surface area contributed by atoms with Gasteiger partial charge >= 0.3 is 19.8 Å². The van der Waals surface area contributed by atoms with E-state index in [0.717, 1.165) is 83.5 Å². The highest BCUT2D eigenvalue weighted by molar-refractivity contribution is 7.47. The van der Waals surface area contributed by atoms with E-state index in [1.165, 1.54) is 32.1 Å². The molecule has 1 rings (SSSR count). The van der Waals surface area contributed by atoms with Crippen LogP contribution in [-0.2, 0) is 37.5 Å². The second-order valence-corrected chi connectivity index (χ2v) is 20.1. The second kappa shape index (κ2) is 37.6. The number of hydrogen-bond acceptors (Lipinski definition) is 10. The Labute approximate surface area is 388 Å². The van der Waals surface area contributed by atoms with E-state index >= 15 is 0 Å². The fourth-order valence-electron chi connectivity index (χ4n) is 7.50. The molecule has 12 nitrogen and oxygen atoms in total. The fraction of sp³-hybridized carbons (Fsp3) is 0.784. The molecule has 6 atom stereocenters. The molecule has 13 heteroatoms. The largest absolute Gasteiger partial charge is 0.472 e. The number of allylic oxidation sites excluding steroid dienone is 6. The maximum atomic E-state index is 12.9. The van der Waals surface area contributed by atoms with Crippen LogP contribution in [-0.4, -0.2) is 103 Å². The van der Waals surface area contributed by atoms with Crippen LogP contribution >= 0.6 is 7.82 Å². The normalized spacial score (nSPS) is 19.1. The van der Waals surface area contributed by atoms with E-state index in [4.69, 9.17) is 18.5 Å². The standard InChI is InChI=1S/C51H90NO11P/c1-6-8-10-11-12-13-14-15-16-17-18-19-20-21-22-23-24-25-26-31-35-50(56)60-42-45(43-62-64(58,59)61-40-39-52(3,4)5)63-51(57)36-32-28-27-30-34-46-47(49(55)41-48(46)54)38-37-44(53)33-29-9-7-2/h13-14,16-17,19-20,37-38,44-47,49,53,55H,6-12,15,18,21-36,39-43H2,1-5H3/p+1/b14-13-,17-16-,20-19-,38-37+/t44-,45+,46+,47+,49+/m0/s1. The predicted molar refractivity (Wildman–Crippen MR) is 257 cm³/mol. The zero-order chi connectivity index (χ0) is 47.3. The number of quaternary nitrogens is 1. The lowest BCUT2D eigenvalue weighted by molar-refractivity contribution is -0.870. The number of Topliss-reactive ketones (excluding diaryl/α,β-unsaturated/α-hetero) is 1. The van der Waals surface area contributed by atoms with Crippen molar-refractivity contribution in [2.75, 3.05) is 47.5 Å². The van der Waals surface area contributed by atoms with E-state index < -0.39 is 44.7 Å². The quantitative estimate of drug-likeness (QED) is 0.0176. The Morgan fingerprint density at radius 1 is 0.734 bits per heavy atom. The van der Waals surface area contributed by atoms with Crippen molar-refractivity contribution < 1.29 is 57.1 Å². The fourth-order valence-corrected chi connectivity index (χ4v) is 8.25. The number of aliphatic hydroxyl groups excluding tert-OH is 2. The van der Waals surface area contributed by atoms with Crippen LogP contribution in [0.4, 0.5) is 0 Å².